The lowest BCUT2D eigenvalue weighted by Crippen LogP contribution is -2.16. The molecular formula is C37H22F2O6. The first-order valence-electron chi connectivity index (χ1n) is 13.7. The fourth-order valence-electron chi connectivity index (χ4n) is 4.83. The largest absolute Gasteiger partial charge is 0.519 e. The van der Waals surface area contributed by atoms with Crippen molar-refractivity contribution in [2.75, 3.05) is 0 Å². The fraction of sp³-hybridized carbons (Fsp3) is 0. The average molecular weight is 601 g/mol. The Balaban J connectivity index is 1.32. The zero-order chi connectivity index (χ0) is 31.5. The SMILES string of the molecule is O=C(Oc1ccc(-c2ccc(O)cc2)cc1)Oc1c(C(=O)c2ccc(F)cc2)ccc2cc(C(=O)c3ccc(F)cc3)ccc12. The fourth-order valence-corrected chi connectivity index (χ4v) is 4.83. The van der Waals surface area contributed by atoms with E-state index in [4.69, 9.17) is 9.47 Å². The highest BCUT2D eigenvalue weighted by Gasteiger charge is 2.22. The van der Waals surface area contributed by atoms with Crippen molar-refractivity contribution in [3.8, 4) is 28.4 Å². The zero-order valence-electron chi connectivity index (χ0n) is 23.4. The number of rotatable bonds is 7. The predicted molar refractivity (Wildman–Crippen MR) is 164 cm³/mol. The van der Waals surface area contributed by atoms with Gasteiger partial charge in [0.15, 0.2) is 17.3 Å². The van der Waals surface area contributed by atoms with E-state index in [1.54, 1.807) is 66.7 Å². The van der Waals surface area contributed by atoms with E-state index in [1.165, 1.54) is 48.5 Å². The number of carbonyl (C=O) groups excluding carboxylic acids is 3. The number of benzene rings is 6. The Kier molecular flexibility index (Phi) is 7.86. The molecule has 0 aliphatic heterocycles. The first kappa shape index (κ1) is 28.9. The van der Waals surface area contributed by atoms with E-state index >= 15 is 0 Å². The van der Waals surface area contributed by atoms with E-state index < -0.39 is 23.6 Å². The summed E-state index contributed by atoms with van der Waals surface area (Å²) in [7, 11) is 0. The summed E-state index contributed by atoms with van der Waals surface area (Å²) in [5.41, 5.74) is 2.44. The van der Waals surface area contributed by atoms with Gasteiger partial charge in [-0.2, -0.15) is 0 Å². The number of ether oxygens (including phenoxy) is 2. The number of phenols is 1. The van der Waals surface area contributed by atoms with Gasteiger partial charge in [-0.15, -0.1) is 0 Å². The van der Waals surface area contributed by atoms with Crippen molar-refractivity contribution in [1.82, 2.24) is 0 Å². The molecule has 0 saturated heterocycles. The van der Waals surface area contributed by atoms with Crippen molar-refractivity contribution in [3.05, 3.63) is 161 Å². The molecule has 45 heavy (non-hydrogen) atoms. The molecule has 6 nitrogen and oxygen atoms in total. The van der Waals surface area contributed by atoms with Crippen LogP contribution >= 0.6 is 0 Å². The van der Waals surface area contributed by atoms with Gasteiger partial charge in [-0.3, -0.25) is 9.59 Å². The Morgan fingerprint density at radius 3 is 1.67 bits per heavy atom. The molecule has 0 saturated carbocycles. The molecule has 0 aliphatic rings. The van der Waals surface area contributed by atoms with Crippen LogP contribution in [0.1, 0.15) is 31.8 Å². The first-order chi connectivity index (χ1) is 21.7. The molecule has 220 valence electrons. The van der Waals surface area contributed by atoms with Crippen molar-refractivity contribution < 1.29 is 37.7 Å². The lowest BCUT2D eigenvalue weighted by atomic mass is 9.95. The van der Waals surface area contributed by atoms with E-state index in [9.17, 15) is 28.3 Å². The van der Waals surface area contributed by atoms with Gasteiger partial charge in [-0.05, 0) is 108 Å². The van der Waals surface area contributed by atoms with Gasteiger partial charge in [0.25, 0.3) is 0 Å². The van der Waals surface area contributed by atoms with E-state index in [-0.39, 0.29) is 39.7 Å². The van der Waals surface area contributed by atoms with Crippen LogP contribution < -0.4 is 9.47 Å². The molecule has 0 atom stereocenters. The topological polar surface area (TPSA) is 89.9 Å². The molecule has 6 aromatic carbocycles. The number of fused-ring (bicyclic) bond motifs is 1. The van der Waals surface area contributed by atoms with Gasteiger partial charge in [0.05, 0.1) is 5.56 Å². The minimum atomic E-state index is -1.11. The molecule has 0 spiro atoms. The van der Waals surface area contributed by atoms with Gasteiger partial charge >= 0.3 is 6.16 Å². The third-order valence-corrected chi connectivity index (χ3v) is 7.13. The standard InChI is InChI=1S/C37H22F2O6/c38-28-11-1-24(2-12-28)34(41)27-10-19-32-26(21-27)9-20-33(35(42)25-3-13-29(39)14-4-25)36(32)45-37(43)44-31-17-7-23(8-18-31)22-5-15-30(40)16-6-22/h1-21,40H. The zero-order valence-corrected chi connectivity index (χ0v) is 23.4. The lowest BCUT2D eigenvalue weighted by molar-refractivity contribution is 0.102. The van der Waals surface area contributed by atoms with Crippen LogP contribution in [0.15, 0.2) is 127 Å². The van der Waals surface area contributed by atoms with Gasteiger partial charge in [-0.1, -0.05) is 36.4 Å². The van der Waals surface area contributed by atoms with E-state index in [2.05, 4.69) is 0 Å². The van der Waals surface area contributed by atoms with Crippen molar-refractivity contribution in [3.63, 3.8) is 0 Å². The van der Waals surface area contributed by atoms with Crippen LogP contribution in [-0.4, -0.2) is 22.8 Å². The Hall–Kier alpha value is -6.15. The molecule has 0 unspecified atom stereocenters. The van der Waals surface area contributed by atoms with E-state index in [0.717, 1.165) is 23.3 Å². The third kappa shape index (κ3) is 6.30. The van der Waals surface area contributed by atoms with Crippen molar-refractivity contribution >= 4 is 28.5 Å². The molecule has 0 amide bonds. The maximum atomic E-state index is 13.5. The first-order valence-corrected chi connectivity index (χ1v) is 13.7. The maximum absolute atomic E-state index is 13.5. The number of phenolic OH excluding ortho intramolecular Hbond substituents is 1. The van der Waals surface area contributed by atoms with Crippen LogP contribution in [-0.2, 0) is 0 Å². The van der Waals surface area contributed by atoms with Gasteiger partial charge in [0.2, 0.25) is 0 Å². The second-order valence-electron chi connectivity index (χ2n) is 10.1. The second kappa shape index (κ2) is 12.2. The molecule has 0 aromatic heterocycles. The van der Waals surface area contributed by atoms with Crippen LogP contribution in [0, 0.1) is 11.6 Å². The normalized spacial score (nSPS) is 10.8. The molecule has 0 heterocycles. The minimum absolute atomic E-state index is 0.0198. The quantitative estimate of drug-likeness (QED) is 0.112. The minimum Gasteiger partial charge on any atom is -0.508 e. The average Bonchev–Trinajstić information content (AvgIpc) is 3.05. The van der Waals surface area contributed by atoms with Crippen molar-refractivity contribution in [1.29, 1.82) is 0 Å². The van der Waals surface area contributed by atoms with Gasteiger partial charge in [0, 0.05) is 22.1 Å². The van der Waals surface area contributed by atoms with E-state index in [1.807, 2.05) is 0 Å². The summed E-state index contributed by atoms with van der Waals surface area (Å²) < 4.78 is 38.0. The summed E-state index contributed by atoms with van der Waals surface area (Å²) in [5.74, 6) is -1.63. The highest BCUT2D eigenvalue weighted by atomic mass is 19.1. The van der Waals surface area contributed by atoms with Gasteiger partial charge < -0.3 is 14.6 Å². The summed E-state index contributed by atoms with van der Waals surface area (Å²) in [4.78, 5) is 39.6. The Morgan fingerprint density at radius 1 is 0.533 bits per heavy atom. The van der Waals surface area contributed by atoms with E-state index in [0.29, 0.717) is 16.3 Å². The van der Waals surface area contributed by atoms with Crippen molar-refractivity contribution in [2.24, 2.45) is 0 Å². The molecule has 6 aromatic rings. The smallest absolute Gasteiger partial charge is 0.508 e. The van der Waals surface area contributed by atoms with Crippen LogP contribution in [0.2, 0.25) is 0 Å². The van der Waals surface area contributed by atoms with Gasteiger partial charge in [0.1, 0.15) is 23.1 Å². The maximum Gasteiger partial charge on any atom is 0.519 e. The van der Waals surface area contributed by atoms with Crippen LogP contribution in [0.3, 0.4) is 0 Å². The summed E-state index contributed by atoms with van der Waals surface area (Å²) in [6, 6.07) is 31.0. The molecule has 1 N–H and O–H groups in total. The number of carbonyl (C=O) groups is 3. The lowest BCUT2D eigenvalue weighted by Gasteiger charge is -2.14. The number of hydrogen-bond donors (Lipinski definition) is 1. The van der Waals surface area contributed by atoms with Crippen LogP contribution in [0.25, 0.3) is 21.9 Å². The number of aromatic hydroxyl groups is 1. The molecule has 0 bridgehead atoms. The monoisotopic (exact) mass is 600 g/mol. The molecule has 0 radical (unpaired) electrons. The number of hydrogen-bond acceptors (Lipinski definition) is 6. The predicted octanol–water partition coefficient (Wildman–Crippen LogP) is 8.53. The summed E-state index contributed by atoms with van der Waals surface area (Å²) >= 11 is 0. The highest BCUT2D eigenvalue weighted by molar-refractivity contribution is 6.15. The molecular weight excluding hydrogens is 578 g/mol. The summed E-state index contributed by atoms with van der Waals surface area (Å²) in [6.07, 6.45) is -1.11. The Labute approximate surface area is 255 Å². The summed E-state index contributed by atoms with van der Waals surface area (Å²) in [5, 5.41) is 10.4. The number of ketones is 2. The third-order valence-electron chi connectivity index (χ3n) is 7.13. The number of halogens is 2. The molecule has 6 rings (SSSR count). The Morgan fingerprint density at radius 2 is 1.07 bits per heavy atom. The molecule has 0 fully saturated rings. The highest BCUT2D eigenvalue weighted by Crippen LogP contribution is 2.34. The van der Waals surface area contributed by atoms with Crippen LogP contribution in [0.5, 0.6) is 17.2 Å². The van der Waals surface area contributed by atoms with Gasteiger partial charge in [-0.25, -0.2) is 13.6 Å². The Bertz CT molecular complexity index is 2050. The molecule has 8 heteroatoms. The van der Waals surface area contributed by atoms with Crippen molar-refractivity contribution in [2.45, 2.75) is 0 Å². The second-order valence-corrected chi connectivity index (χ2v) is 10.1. The molecule has 0 aliphatic carbocycles. The van der Waals surface area contributed by atoms with Crippen LogP contribution in [0.4, 0.5) is 13.6 Å². The summed E-state index contributed by atoms with van der Waals surface area (Å²) in [6.45, 7) is 0.